The number of hydrogen-bond donors (Lipinski definition) is 0. The van der Waals surface area contributed by atoms with Crippen LogP contribution in [0, 0.1) is 3.57 Å². The molecule has 0 amide bonds. The second-order valence-electron chi connectivity index (χ2n) is 5.07. The number of esters is 1. The Morgan fingerprint density at radius 3 is 2.91 bits per heavy atom. The van der Waals surface area contributed by atoms with E-state index in [1.54, 1.807) is 13.0 Å². The summed E-state index contributed by atoms with van der Waals surface area (Å²) in [7, 11) is 0. The lowest BCUT2D eigenvalue weighted by Crippen LogP contribution is -1.98. The second-order valence-corrected chi connectivity index (χ2v) is 6.31. The van der Waals surface area contributed by atoms with Gasteiger partial charge in [-0.05, 0) is 77.6 Å². The summed E-state index contributed by atoms with van der Waals surface area (Å²) in [5.41, 5.74) is 3.19. The number of aromatic nitrogens is 1. The van der Waals surface area contributed by atoms with Crippen LogP contribution >= 0.6 is 22.6 Å². The van der Waals surface area contributed by atoms with Crippen molar-refractivity contribution in [1.29, 1.82) is 0 Å². The summed E-state index contributed by atoms with van der Waals surface area (Å²) in [6, 6.07) is 16.6. The summed E-state index contributed by atoms with van der Waals surface area (Å²) in [5, 5.41) is 1.21. The largest absolute Gasteiger partial charge is 0.463 e. The van der Waals surface area contributed by atoms with Crippen molar-refractivity contribution in [3.63, 3.8) is 0 Å². The molecule has 0 aliphatic rings. The summed E-state index contributed by atoms with van der Waals surface area (Å²) in [6.45, 7) is 2.18. The Labute approximate surface area is 148 Å². The molecule has 2 aromatic carbocycles. The smallest absolute Gasteiger partial charge is 0.330 e. The molecule has 116 valence electrons. The predicted octanol–water partition coefficient (Wildman–Crippen LogP) is 4.81. The number of carbonyl (C=O) groups excluding carboxylic acids is 1. The molecule has 0 aliphatic carbocycles. The fraction of sp³-hybridized carbons (Fsp3) is 0.105. The molecule has 1 aromatic heterocycles. The zero-order valence-corrected chi connectivity index (χ0v) is 14.9. The molecule has 0 bridgehead atoms. The summed E-state index contributed by atoms with van der Waals surface area (Å²) in [5.74, 6) is -0.320. The topological polar surface area (TPSA) is 31.2 Å². The van der Waals surface area contributed by atoms with Crippen LogP contribution < -0.4 is 0 Å². The maximum atomic E-state index is 11.4. The van der Waals surface area contributed by atoms with Crippen LogP contribution in [0.5, 0.6) is 0 Å². The number of ether oxygens (including phenoxy) is 1. The highest BCUT2D eigenvalue weighted by Gasteiger charge is 2.04. The third-order valence-corrected chi connectivity index (χ3v) is 4.17. The molecule has 0 saturated carbocycles. The average molecular weight is 417 g/mol. The average Bonchev–Trinajstić information content (AvgIpc) is 2.96. The van der Waals surface area contributed by atoms with E-state index in [0.29, 0.717) is 6.61 Å². The maximum absolute atomic E-state index is 11.4. The Bertz CT molecular complexity index is 880. The van der Waals surface area contributed by atoms with Gasteiger partial charge in [0.15, 0.2) is 0 Å². The molecule has 0 N–H and O–H groups in total. The highest BCUT2D eigenvalue weighted by Crippen LogP contribution is 2.23. The van der Waals surface area contributed by atoms with Gasteiger partial charge in [-0.2, -0.15) is 0 Å². The fourth-order valence-corrected chi connectivity index (χ4v) is 2.99. The summed E-state index contributed by atoms with van der Waals surface area (Å²) in [6.07, 6.45) is 5.30. The predicted molar refractivity (Wildman–Crippen MR) is 102 cm³/mol. The number of benzene rings is 2. The van der Waals surface area contributed by atoms with Gasteiger partial charge in [-0.1, -0.05) is 12.1 Å². The van der Waals surface area contributed by atoms with Crippen molar-refractivity contribution in [3.05, 3.63) is 69.9 Å². The molecule has 23 heavy (non-hydrogen) atoms. The molecule has 0 aliphatic heterocycles. The van der Waals surface area contributed by atoms with Crippen molar-refractivity contribution in [2.75, 3.05) is 6.61 Å². The standard InChI is InChI=1S/C19H16INO2/c1-2-23-19(22)9-6-14-4-3-5-17(12-14)21-11-10-15-13-16(20)7-8-18(15)21/h3-13H,2H2,1H3/b9-6+. The van der Waals surface area contributed by atoms with Gasteiger partial charge in [-0.15, -0.1) is 0 Å². The van der Waals surface area contributed by atoms with E-state index in [9.17, 15) is 4.79 Å². The highest BCUT2D eigenvalue weighted by atomic mass is 127. The molecule has 0 radical (unpaired) electrons. The Kier molecular flexibility index (Phi) is 4.81. The quantitative estimate of drug-likeness (QED) is 0.347. The van der Waals surface area contributed by atoms with Crippen LogP contribution in [0.15, 0.2) is 60.8 Å². The van der Waals surface area contributed by atoms with Crippen molar-refractivity contribution in [3.8, 4) is 5.69 Å². The van der Waals surface area contributed by atoms with Gasteiger partial charge < -0.3 is 9.30 Å². The van der Waals surface area contributed by atoms with E-state index in [4.69, 9.17) is 4.74 Å². The van der Waals surface area contributed by atoms with Gasteiger partial charge in [-0.3, -0.25) is 0 Å². The minimum absolute atomic E-state index is 0.320. The van der Waals surface area contributed by atoms with Crippen molar-refractivity contribution in [2.24, 2.45) is 0 Å². The normalized spacial score (nSPS) is 11.2. The van der Waals surface area contributed by atoms with Gasteiger partial charge in [0.1, 0.15) is 0 Å². The molecule has 0 spiro atoms. The SMILES string of the molecule is CCOC(=O)/C=C/c1cccc(-n2ccc3cc(I)ccc32)c1. The van der Waals surface area contributed by atoms with Crippen LogP contribution in [0.3, 0.4) is 0 Å². The van der Waals surface area contributed by atoms with Gasteiger partial charge in [0.25, 0.3) is 0 Å². The van der Waals surface area contributed by atoms with Crippen molar-refractivity contribution in [1.82, 2.24) is 4.57 Å². The molecule has 0 atom stereocenters. The first-order valence-corrected chi connectivity index (χ1v) is 8.47. The summed E-state index contributed by atoms with van der Waals surface area (Å²) < 4.78 is 8.27. The minimum atomic E-state index is -0.320. The van der Waals surface area contributed by atoms with Crippen molar-refractivity contribution < 1.29 is 9.53 Å². The van der Waals surface area contributed by atoms with Gasteiger partial charge >= 0.3 is 5.97 Å². The lowest BCUT2D eigenvalue weighted by Gasteiger charge is -2.07. The van der Waals surface area contributed by atoms with E-state index >= 15 is 0 Å². The number of hydrogen-bond acceptors (Lipinski definition) is 2. The first-order valence-electron chi connectivity index (χ1n) is 7.39. The zero-order valence-electron chi connectivity index (χ0n) is 12.7. The van der Waals surface area contributed by atoms with E-state index < -0.39 is 0 Å². The number of rotatable bonds is 4. The molecule has 3 rings (SSSR count). The van der Waals surface area contributed by atoms with Crippen LogP contribution in [0.25, 0.3) is 22.7 Å². The third-order valence-electron chi connectivity index (χ3n) is 3.50. The number of nitrogens with zero attached hydrogens (tertiary/aromatic N) is 1. The van der Waals surface area contributed by atoms with E-state index in [1.807, 2.05) is 18.2 Å². The monoisotopic (exact) mass is 417 g/mol. The van der Waals surface area contributed by atoms with Crippen molar-refractivity contribution in [2.45, 2.75) is 6.92 Å². The number of carbonyl (C=O) groups is 1. The van der Waals surface area contributed by atoms with Crippen LogP contribution in [-0.2, 0) is 9.53 Å². The van der Waals surface area contributed by atoms with Gasteiger partial charge in [0.05, 0.1) is 12.1 Å². The lowest BCUT2D eigenvalue weighted by molar-refractivity contribution is -0.137. The molecule has 0 fully saturated rings. The van der Waals surface area contributed by atoms with E-state index in [1.165, 1.54) is 15.0 Å². The van der Waals surface area contributed by atoms with Crippen LogP contribution in [0.4, 0.5) is 0 Å². The maximum Gasteiger partial charge on any atom is 0.330 e. The van der Waals surface area contributed by atoms with Crippen LogP contribution in [0.2, 0.25) is 0 Å². The summed E-state index contributed by atoms with van der Waals surface area (Å²) in [4.78, 5) is 11.4. The first-order chi connectivity index (χ1) is 11.2. The van der Waals surface area contributed by atoms with Gasteiger partial charge in [0.2, 0.25) is 0 Å². The molecular formula is C19H16INO2. The van der Waals surface area contributed by atoms with Crippen LogP contribution in [0.1, 0.15) is 12.5 Å². The lowest BCUT2D eigenvalue weighted by atomic mass is 10.2. The van der Waals surface area contributed by atoms with E-state index in [2.05, 4.69) is 63.7 Å². The van der Waals surface area contributed by atoms with E-state index in [0.717, 1.165) is 16.8 Å². The first kappa shape index (κ1) is 15.8. The molecule has 4 heteroatoms. The Hall–Kier alpha value is -2.08. The Morgan fingerprint density at radius 2 is 2.09 bits per heavy atom. The fourth-order valence-electron chi connectivity index (χ4n) is 2.47. The zero-order chi connectivity index (χ0) is 16.2. The third kappa shape index (κ3) is 3.64. The molecule has 0 unspecified atom stereocenters. The van der Waals surface area contributed by atoms with Gasteiger partial charge in [-0.25, -0.2) is 4.79 Å². The summed E-state index contributed by atoms with van der Waals surface area (Å²) >= 11 is 2.32. The number of halogens is 1. The van der Waals surface area contributed by atoms with Gasteiger partial charge in [0, 0.05) is 26.9 Å². The Balaban J connectivity index is 1.94. The number of fused-ring (bicyclic) bond motifs is 1. The molecule has 3 aromatic rings. The highest BCUT2D eigenvalue weighted by molar-refractivity contribution is 14.1. The second kappa shape index (κ2) is 7.00. The molecule has 3 nitrogen and oxygen atoms in total. The van der Waals surface area contributed by atoms with Crippen LogP contribution in [-0.4, -0.2) is 17.1 Å². The molecule has 0 saturated heterocycles. The molecule has 1 heterocycles. The Morgan fingerprint density at radius 1 is 1.22 bits per heavy atom. The molecular weight excluding hydrogens is 401 g/mol. The minimum Gasteiger partial charge on any atom is -0.463 e. The van der Waals surface area contributed by atoms with Crippen molar-refractivity contribution >= 4 is 45.5 Å². The van der Waals surface area contributed by atoms with E-state index in [-0.39, 0.29) is 5.97 Å².